The third kappa shape index (κ3) is 6.35. The van der Waals surface area contributed by atoms with Gasteiger partial charge in [0.15, 0.2) is 18.1 Å². The summed E-state index contributed by atoms with van der Waals surface area (Å²) in [5.41, 5.74) is -0.142. The van der Waals surface area contributed by atoms with Crippen LogP contribution in [0.1, 0.15) is 24.2 Å². The van der Waals surface area contributed by atoms with Crippen LogP contribution in [-0.2, 0) is 9.53 Å². The zero-order valence-electron chi connectivity index (χ0n) is 16.3. The largest absolute Gasteiger partial charge is 0.490 e. The lowest BCUT2D eigenvalue weighted by Gasteiger charge is -2.13. The number of benzene rings is 2. The quantitative estimate of drug-likeness (QED) is 0.608. The van der Waals surface area contributed by atoms with Gasteiger partial charge in [0, 0.05) is 11.8 Å². The number of hydrogen-bond donors (Lipinski definition) is 2. The van der Waals surface area contributed by atoms with Crippen LogP contribution in [0.3, 0.4) is 0 Å². The molecule has 0 aliphatic carbocycles. The van der Waals surface area contributed by atoms with E-state index in [4.69, 9.17) is 25.8 Å². The molecule has 2 aromatic carbocycles. The van der Waals surface area contributed by atoms with Gasteiger partial charge in [0.1, 0.15) is 11.4 Å². The summed E-state index contributed by atoms with van der Waals surface area (Å²) >= 11 is 5.76. The van der Waals surface area contributed by atoms with Crippen LogP contribution < -0.4 is 20.1 Å². The Morgan fingerprint density at radius 1 is 1.03 bits per heavy atom. The molecule has 0 spiro atoms. The zero-order valence-corrected chi connectivity index (χ0v) is 17.0. The number of carbonyl (C=O) groups excluding carboxylic acids is 3. The Balaban J connectivity index is 1.91. The number of urea groups is 1. The minimum Gasteiger partial charge on any atom is -0.490 e. The first-order valence-electron chi connectivity index (χ1n) is 8.97. The van der Waals surface area contributed by atoms with Crippen molar-refractivity contribution in [1.82, 2.24) is 5.32 Å². The van der Waals surface area contributed by atoms with Crippen molar-refractivity contribution in [3.8, 4) is 11.5 Å². The van der Waals surface area contributed by atoms with Gasteiger partial charge in [-0.1, -0.05) is 17.7 Å². The molecule has 3 amide bonds. The Kier molecular flexibility index (Phi) is 8.42. The van der Waals surface area contributed by atoms with E-state index in [1.54, 1.807) is 25.1 Å². The average Bonchev–Trinajstić information content (AvgIpc) is 2.68. The van der Waals surface area contributed by atoms with E-state index in [2.05, 4.69) is 5.32 Å². The van der Waals surface area contributed by atoms with Crippen LogP contribution in [0.15, 0.2) is 36.4 Å². The van der Waals surface area contributed by atoms with Crippen molar-refractivity contribution in [2.24, 2.45) is 0 Å². The number of esters is 1. The maximum Gasteiger partial charge on any atom is 0.343 e. The first-order chi connectivity index (χ1) is 14.3. The molecule has 0 bridgehead atoms. The molecule has 2 aromatic rings. The highest BCUT2D eigenvalue weighted by Gasteiger charge is 2.19. The van der Waals surface area contributed by atoms with Crippen LogP contribution in [0.2, 0.25) is 5.02 Å². The lowest BCUT2D eigenvalue weighted by Crippen LogP contribution is -2.37. The summed E-state index contributed by atoms with van der Waals surface area (Å²) in [5, 5.41) is 4.29. The molecule has 0 aliphatic heterocycles. The number of imide groups is 1. The van der Waals surface area contributed by atoms with Crippen LogP contribution in [0.25, 0.3) is 0 Å². The highest BCUT2D eigenvalue weighted by molar-refractivity contribution is 6.33. The van der Waals surface area contributed by atoms with Crippen molar-refractivity contribution >= 4 is 35.2 Å². The number of amides is 3. The Labute approximate surface area is 177 Å². The number of anilines is 1. The molecule has 2 rings (SSSR count). The summed E-state index contributed by atoms with van der Waals surface area (Å²) < 4.78 is 29.3. The molecule has 0 saturated heterocycles. The number of rotatable bonds is 8. The monoisotopic (exact) mass is 438 g/mol. The van der Waals surface area contributed by atoms with Gasteiger partial charge >= 0.3 is 12.0 Å². The van der Waals surface area contributed by atoms with Gasteiger partial charge in [-0.3, -0.25) is 10.1 Å². The molecular weight excluding hydrogens is 419 g/mol. The lowest BCUT2D eigenvalue weighted by molar-refractivity contribution is -0.123. The molecule has 30 heavy (non-hydrogen) atoms. The first-order valence-corrected chi connectivity index (χ1v) is 9.35. The summed E-state index contributed by atoms with van der Waals surface area (Å²) in [7, 11) is 0. The molecule has 0 aromatic heterocycles. The van der Waals surface area contributed by atoms with Crippen molar-refractivity contribution < 1.29 is 33.0 Å². The lowest BCUT2D eigenvalue weighted by atomic mass is 10.2. The van der Waals surface area contributed by atoms with Crippen LogP contribution in [-0.4, -0.2) is 37.7 Å². The van der Waals surface area contributed by atoms with Gasteiger partial charge in [-0.05, 0) is 38.1 Å². The predicted molar refractivity (Wildman–Crippen MR) is 108 cm³/mol. The van der Waals surface area contributed by atoms with Crippen molar-refractivity contribution in [3.05, 3.63) is 52.8 Å². The van der Waals surface area contributed by atoms with Crippen LogP contribution >= 0.6 is 11.6 Å². The second kappa shape index (κ2) is 11.0. The molecule has 2 N–H and O–H groups in total. The second-order valence-corrected chi connectivity index (χ2v) is 6.11. The zero-order chi connectivity index (χ0) is 22.1. The van der Waals surface area contributed by atoms with E-state index in [1.165, 1.54) is 12.1 Å². The highest BCUT2D eigenvalue weighted by Crippen LogP contribution is 2.30. The molecule has 0 atom stereocenters. The topological polar surface area (TPSA) is 103 Å². The fourth-order valence-electron chi connectivity index (χ4n) is 2.35. The SMILES string of the molecule is CCOc1ccc(NC(=O)NC(=O)COC(=O)c2c(F)cccc2Cl)cc1OCC. The maximum absolute atomic E-state index is 13.7. The van der Waals surface area contributed by atoms with Gasteiger partial charge in [-0.15, -0.1) is 0 Å². The summed E-state index contributed by atoms with van der Waals surface area (Å²) in [4.78, 5) is 35.7. The number of hydrogen-bond acceptors (Lipinski definition) is 6. The molecule has 10 heteroatoms. The minimum atomic E-state index is -1.12. The molecule has 0 unspecified atom stereocenters. The van der Waals surface area contributed by atoms with Crippen LogP contribution in [0.4, 0.5) is 14.9 Å². The van der Waals surface area contributed by atoms with Crippen molar-refractivity contribution in [3.63, 3.8) is 0 Å². The third-order valence-electron chi connectivity index (χ3n) is 3.56. The number of carbonyl (C=O) groups is 3. The summed E-state index contributed by atoms with van der Waals surface area (Å²) in [6.45, 7) is 3.67. The van der Waals surface area contributed by atoms with Gasteiger partial charge < -0.3 is 19.5 Å². The molecule has 0 heterocycles. The summed E-state index contributed by atoms with van der Waals surface area (Å²) in [6, 6.07) is 7.53. The second-order valence-electron chi connectivity index (χ2n) is 5.70. The Morgan fingerprint density at radius 2 is 1.73 bits per heavy atom. The Bertz CT molecular complexity index is 917. The van der Waals surface area contributed by atoms with E-state index in [-0.39, 0.29) is 5.02 Å². The predicted octanol–water partition coefficient (Wildman–Crippen LogP) is 3.78. The van der Waals surface area contributed by atoms with Gasteiger partial charge in [-0.25, -0.2) is 14.0 Å². The van der Waals surface area contributed by atoms with Crippen molar-refractivity contribution in [1.29, 1.82) is 0 Å². The Hall–Kier alpha value is -3.33. The smallest absolute Gasteiger partial charge is 0.343 e. The number of nitrogens with one attached hydrogen (secondary N) is 2. The van der Waals surface area contributed by atoms with Gasteiger partial charge in [0.25, 0.3) is 5.91 Å². The van der Waals surface area contributed by atoms with Gasteiger partial charge in [0.05, 0.1) is 18.2 Å². The minimum absolute atomic E-state index is 0.154. The van der Waals surface area contributed by atoms with E-state index in [0.29, 0.717) is 30.4 Å². The van der Waals surface area contributed by atoms with E-state index < -0.39 is 35.9 Å². The average molecular weight is 439 g/mol. The van der Waals surface area contributed by atoms with Gasteiger partial charge in [-0.2, -0.15) is 0 Å². The maximum atomic E-state index is 13.7. The highest BCUT2D eigenvalue weighted by atomic mass is 35.5. The molecule has 0 fully saturated rings. The van der Waals surface area contributed by atoms with Crippen molar-refractivity contribution in [2.45, 2.75) is 13.8 Å². The fraction of sp³-hybridized carbons (Fsp3) is 0.250. The standard InChI is InChI=1S/C20H20ClFN2O6/c1-3-28-15-9-8-12(10-16(15)29-4-2)23-20(27)24-17(25)11-30-19(26)18-13(21)6-5-7-14(18)22/h5-10H,3-4,11H2,1-2H3,(H2,23,24,25,27). The molecule has 0 radical (unpaired) electrons. The Morgan fingerprint density at radius 3 is 2.40 bits per heavy atom. The molecule has 0 aliphatic rings. The number of halogens is 2. The van der Waals surface area contributed by atoms with E-state index in [9.17, 15) is 18.8 Å². The third-order valence-corrected chi connectivity index (χ3v) is 3.87. The van der Waals surface area contributed by atoms with Crippen LogP contribution in [0, 0.1) is 5.82 Å². The molecule has 160 valence electrons. The molecule has 0 saturated carbocycles. The first kappa shape index (κ1) is 23.0. The van der Waals surface area contributed by atoms with Crippen molar-refractivity contribution in [2.75, 3.05) is 25.1 Å². The van der Waals surface area contributed by atoms with E-state index >= 15 is 0 Å². The normalized spacial score (nSPS) is 10.1. The fourth-order valence-corrected chi connectivity index (χ4v) is 2.59. The van der Waals surface area contributed by atoms with E-state index in [1.807, 2.05) is 12.2 Å². The van der Waals surface area contributed by atoms with Crippen LogP contribution in [0.5, 0.6) is 11.5 Å². The van der Waals surface area contributed by atoms with Gasteiger partial charge in [0.2, 0.25) is 0 Å². The molecular formula is C20H20ClFN2O6. The van der Waals surface area contributed by atoms with E-state index in [0.717, 1.165) is 6.07 Å². The summed E-state index contributed by atoms with van der Waals surface area (Å²) in [6.07, 6.45) is 0. The molecule has 8 nitrogen and oxygen atoms in total. The number of ether oxygens (including phenoxy) is 3. The summed E-state index contributed by atoms with van der Waals surface area (Å²) in [5.74, 6) is -1.98.